The molecule has 8 nitrogen and oxygen atoms in total. The minimum Gasteiger partial charge on any atom is -0.493 e. The van der Waals surface area contributed by atoms with Crippen molar-refractivity contribution in [3.63, 3.8) is 0 Å². The first-order valence-electron chi connectivity index (χ1n) is 10.5. The number of nitrogens with zero attached hydrogens (tertiary/aromatic N) is 3. The van der Waals surface area contributed by atoms with E-state index in [4.69, 9.17) is 9.47 Å². The van der Waals surface area contributed by atoms with Crippen LogP contribution in [-0.4, -0.2) is 72.5 Å². The van der Waals surface area contributed by atoms with Crippen LogP contribution in [0.25, 0.3) is 0 Å². The molecule has 1 aliphatic heterocycles. The van der Waals surface area contributed by atoms with Crippen LogP contribution in [0.3, 0.4) is 0 Å². The average molecular weight is 427 g/mol. The van der Waals surface area contributed by atoms with E-state index in [9.17, 15) is 9.59 Å². The Morgan fingerprint density at radius 1 is 1.13 bits per heavy atom. The maximum absolute atomic E-state index is 13.0. The SMILES string of the molecule is COc1cc(C(=O)N2CCN(Cc3cccnc3)CC2)ccc1OCC(=O)NC(C)C. The highest BCUT2D eigenvalue weighted by Crippen LogP contribution is 2.28. The topological polar surface area (TPSA) is 84.0 Å². The number of hydrogen-bond acceptors (Lipinski definition) is 6. The molecular formula is C23H30N4O4. The standard InChI is InChI=1S/C23H30N4O4/c1-17(2)25-22(28)16-31-20-7-6-19(13-21(20)30-3)23(29)27-11-9-26(10-12-27)15-18-5-4-8-24-14-18/h4-8,13-14,17H,9-12,15-16H2,1-3H3,(H,25,28). The predicted octanol–water partition coefficient (Wildman–Crippen LogP) is 1.95. The minimum absolute atomic E-state index is 0.0385. The van der Waals surface area contributed by atoms with Gasteiger partial charge in [0.25, 0.3) is 11.8 Å². The van der Waals surface area contributed by atoms with Crippen molar-refractivity contribution in [1.29, 1.82) is 0 Å². The van der Waals surface area contributed by atoms with Gasteiger partial charge < -0.3 is 19.7 Å². The van der Waals surface area contributed by atoms with Crippen LogP contribution in [0.15, 0.2) is 42.7 Å². The van der Waals surface area contributed by atoms with Crippen molar-refractivity contribution >= 4 is 11.8 Å². The Morgan fingerprint density at radius 3 is 2.55 bits per heavy atom. The number of rotatable bonds is 8. The van der Waals surface area contributed by atoms with Gasteiger partial charge in [0.05, 0.1) is 7.11 Å². The van der Waals surface area contributed by atoms with E-state index in [1.54, 1.807) is 24.4 Å². The molecule has 0 atom stereocenters. The Hall–Kier alpha value is -3.13. The van der Waals surface area contributed by atoms with Crippen molar-refractivity contribution in [3.05, 3.63) is 53.9 Å². The zero-order valence-electron chi connectivity index (χ0n) is 18.3. The van der Waals surface area contributed by atoms with E-state index in [0.717, 1.165) is 19.6 Å². The van der Waals surface area contributed by atoms with Gasteiger partial charge in [-0.1, -0.05) is 6.07 Å². The maximum Gasteiger partial charge on any atom is 0.258 e. The lowest BCUT2D eigenvalue weighted by Crippen LogP contribution is -2.48. The Balaban J connectivity index is 1.56. The van der Waals surface area contributed by atoms with Gasteiger partial charge in [-0.25, -0.2) is 0 Å². The summed E-state index contributed by atoms with van der Waals surface area (Å²) < 4.78 is 10.9. The van der Waals surface area contributed by atoms with E-state index in [1.807, 2.05) is 31.0 Å². The molecule has 31 heavy (non-hydrogen) atoms. The third kappa shape index (κ3) is 6.42. The van der Waals surface area contributed by atoms with Crippen LogP contribution in [0.1, 0.15) is 29.8 Å². The molecule has 3 rings (SSSR count). The van der Waals surface area contributed by atoms with Gasteiger partial charge in [0, 0.05) is 56.7 Å². The molecule has 1 N–H and O–H groups in total. The highest BCUT2D eigenvalue weighted by atomic mass is 16.5. The molecule has 2 heterocycles. The largest absolute Gasteiger partial charge is 0.493 e. The second kappa shape index (κ2) is 10.8. The van der Waals surface area contributed by atoms with Crippen LogP contribution < -0.4 is 14.8 Å². The molecule has 1 aromatic carbocycles. The molecule has 0 bridgehead atoms. The Morgan fingerprint density at radius 2 is 1.90 bits per heavy atom. The molecule has 1 aliphatic rings. The average Bonchev–Trinajstić information content (AvgIpc) is 2.78. The van der Waals surface area contributed by atoms with Crippen molar-refractivity contribution in [1.82, 2.24) is 20.1 Å². The summed E-state index contributed by atoms with van der Waals surface area (Å²) in [5.74, 6) is 0.613. The quantitative estimate of drug-likeness (QED) is 0.695. The molecule has 1 fully saturated rings. The fourth-order valence-corrected chi connectivity index (χ4v) is 3.47. The van der Waals surface area contributed by atoms with E-state index >= 15 is 0 Å². The summed E-state index contributed by atoms with van der Waals surface area (Å²) in [6.45, 7) is 7.44. The number of piperazine rings is 1. The zero-order chi connectivity index (χ0) is 22.2. The fourth-order valence-electron chi connectivity index (χ4n) is 3.47. The normalized spacial score (nSPS) is 14.4. The summed E-state index contributed by atoms with van der Waals surface area (Å²) >= 11 is 0. The fraction of sp³-hybridized carbons (Fsp3) is 0.435. The number of aromatic nitrogens is 1. The number of nitrogens with one attached hydrogen (secondary N) is 1. The lowest BCUT2D eigenvalue weighted by Gasteiger charge is -2.34. The van der Waals surface area contributed by atoms with Crippen molar-refractivity contribution in [2.45, 2.75) is 26.4 Å². The third-order valence-electron chi connectivity index (χ3n) is 5.01. The van der Waals surface area contributed by atoms with E-state index < -0.39 is 0 Å². The molecule has 0 aliphatic carbocycles. The Labute approximate surface area is 183 Å². The van der Waals surface area contributed by atoms with E-state index in [0.29, 0.717) is 30.2 Å². The first kappa shape index (κ1) is 22.6. The summed E-state index contributed by atoms with van der Waals surface area (Å²) in [6.07, 6.45) is 3.64. The third-order valence-corrected chi connectivity index (χ3v) is 5.01. The van der Waals surface area contributed by atoms with Gasteiger partial charge in [-0.2, -0.15) is 0 Å². The molecule has 1 aromatic heterocycles. The smallest absolute Gasteiger partial charge is 0.258 e. The van der Waals surface area contributed by atoms with Crippen LogP contribution in [0.4, 0.5) is 0 Å². The number of amides is 2. The van der Waals surface area contributed by atoms with Crippen molar-refractivity contribution in [3.8, 4) is 11.5 Å². The number of methoxy groups -OCH3 is 1. The molecule has 2 aromatic rings. The molecule has 8 heteroatoms. The molecule has 166 valence electrons. The maximum atomic E-state index is 13.0. The van der Waals surface area contributed by atoms with Crippen molar-refractivity contribution in [2.24, 2.45) is 0 Å². The first-order chi connectivity index (χ1) is 15.0. The van der Waals surface area contributed by atoms with Crippen LogP contribution in [-0.2, 0) is 11.3 Å². The zero-order valence-corrected chi connectivity index (χ0v) is 18.3. The lowest BCUT2D eigenvalue weighted by molar-refractivity contribution is -0.123. The minimum atomic E-state index is -0.207. The Kier molecular flexibility index (Phi) is 7.83. The summed E-state index contributed by atoms with van der Waals surface area (Å²) in [5.41, 5.74) is 1.71. The van der Waals surface area contributed by atoms with Gasteiger partial charge in [0.2, 0.25) is 0 Å². The summed E-state index contributed by atoms with van der Waals surface area (Å²) in [5, 5.41) is 2.77. The van der Waals surface area contributed by atoms with E-state index in [1.165, 1.54) is 12.7 Å². The van der Waals surface area contributed by atoms with Gasteiger partial charge in [-0.15, -0.1) is 0 Å². The van der Waals surface area contributed by atoms with E-state index in [2.05, 4.69) is 21.3 Å². The van der Waals surface area contributed by atoms with Crippen LogP contribution in [0.2, 0.25) is 0 Å². The highest BCUT2D eigenvalue weighted by Gasteiger charge is 2.23. The Bertz CT molecular complexity index is 880. The van der Waals surface area contributed by atoms with Crippen molar-refractivity contribution in [2.75, 3.05) is 39.9 Å². The molecule has 2 amide bonds. The summed E-state index contributed by atoms with van der Waals surface area (Å²) in [6, 6.07) is 9.10. The molecule has 0 spiro atoms. The highest BCUT2D eigenvalue weighted by molar-refractivity contribution is 5.95. The summed E-state index contributed by atoms with van der Waals surface area (Å²) in [7, 11) is 1.52. The molecule has 1 saturated heterocycles. The number of carbonyl (C=O) groups excluding carboxylic acids is 2. The lowest BCUT2D eigenvalue weighted by atomic mass is 10.1. The number of hydrogen-bond donors (Lipinski definition) is 1. The van der Waals surface area contributed by atoms with Crippen LogP contribution in [0.5, 0.6) is 11.5 Å². The van der Waals surface area contributed by atoms with Gasteiger partial charge in [-0.3, -0.25) is 19.5 Å². The molecule has 0 unspecified atom stereocenters. The monoisotopic (exact) mass is 426 g/mol. The first-order valence-corrected chi connectivity index (χ1v) is 10.5. The molecular weight excluding hydrogens is 396 g/mol. The van der Waals surface area contributed by atoms with Crippen LogP contribution >= 0.6 is 0 Å². The van der Waals surface area contributed by atoms with Gasteiger partial charge in [-0.05, 0) is 43.7 Å². The molecule has 0 saturated carbocycles. The van der Waals surface area contributed by atoms with Gasteiger partial charge in [0.15, 0.2) is 18.1 Å². The van der Waals surface area contributed by atoms with Crippen molar-refractivity contribution < 1.29 is 19.1 Å². The summed E-state index contributed by atoms with van der Waals surface area (Å²) in [4.78, 5) is 33.1. The molecule has 0 radical (unpaired) electrons. The van der Waals surface area contributed by atoms with Crippen LogP contribution in [0, 0.1) is 0 Å². The number of carbonyl (C=O) groups is 2. The second-order valence-corrected chi connectivity index (χ2v) is 7.81. The predicted molar refractivity (Wildman–Crippen MR) is 117 cm³/mol. The van der Waals surface area contributed by atoms with Gasteiger partial charge in [0.1, 0.15) is 0 Å². The number of ether oxygens (including phenoxy) is 2. The number of pyridine rings is 1. The second-order valence-electron chi connectivity index (χ2n) is 7.81. The van der Waals surface area contributed by atoms with Gasteiger partial charge >= 0.3 is 0 Å². The number of benzene rings is 1. The van der Waals surface area contributed by atoms with E-state index in [-0.39, 0.29) is 24.5 Å².